The molecule has 0 radical (unpaired) electrons. The number of nitrogens with two attached hydrogens (primary N) is 2. The van der Waals surface area contributed by atoms with Gasteiger partial charge in [-0.3, -0.25) is 4.79 Å². The molecule has 5 nitrogen and oxygen atoms in total. The third kappa shape index (κ3) is 4.45. The lowest BCUT2D eigenvalue weighted by Crippen LogP contribution is -1.97. The summed E-state index contributed by atoms with van der Waals surface area (Å²) in [7, 11) is 3.06. The van der Waals surface area contributed by atoms with Gasteiger partial charge in [0.1, 0.15) is 0 Å². The van der Waals surface area contributed by atoms with Crippen molar-refractivity contribution in [1.82, 2.24) is 0 Å². The molecule has 0 aliphatic carbocycles. The number of hydrogen-bond donors (Lipinski definition) is 2. The maximum atomic E-state index is 12.1. The monoisotopic (exact) mass is 352 g/mol. The summed E-state index contributed by atoms with van der Waals surface area (Å²) < 4.78 is 10.5. The largest absolute Gasteiger partial charge is 0.493 e. The highest BCUT2D eigenvalue weighted by Crippen LogP contribution is 2.34. The number of aryl methyl sites for hydroxylation is 1. The van der Waals surface area contributed by atoms with Gasteiger partial charge in [-0.2, -0.15) is 0 Å². The van der Waals surface area contributed by atoms with Crippen molar-refractivity contribution >= 4 is 29.3 Å². The Morgan fingerprint density at radius 1 is 0.885 bits per heavy atom. The maximum absolute atomic E-state index is 12.1. The Morgan fingerprint density at radius 3 is 2.00 bits per heavy atom. The van der Waals surface area contributed by atoms with E-state index in [1.165, 1.54) is 26.4 Å². The van der Waals surface area contributed by atoms with Gasteiger partial charge in [-0.1, -0.05) is 18.2 Å². The Hall–Kier alpha value is -3.21. The number of ketones is 1. The molecule has 0 spiro atoms. The Balaban J connectivity index is 2.16. The van der Waals surface area contributed by atoms with Crippen molar-refractivity contribution in [3.8, 4) is 11.5 Å². The molecule has 2 aromatic rings. The van der Waals surface area contributed by atoms with E-state index >= 15 is 0 Å². The molecule has 0 aliphatic heterocycles. The minimum atomic E-state index is -0.143. The molecule has 5 heteroatoms. The summed E-state index contributed by atoms with van der Waals surface area (Å²) in [6, 6.07) is 7.32. The molecule has 0 saturated carbocycles. The van der Waals surface area contributed by atoms with Crippen LogP contribution in [0.15, 0.2) is 36.4 Å². The first kappa shape index (κ1) is 19.1. The molecule has 4 N–H and O–H groups in total. The van der Waals surface area contributed by atoms with Gasteiger partial charge < -0.3 is 20.9 Å². The van der Waals surface area contributed by atoms with Crippen LogP contribution in [0.2, 0.25) is 0 Å². The van der Waals surface area contributed by atoms with Crippen LogP contribution >= 0.6 is 0 Å². The summed E-state index contributed by atoms with van der Waals surface area (Å²) in [5.41, 5.74) is 16.8. The second kappa shape index (κ2) is 8.25. The molecule has 136 valence electrons. The lowest BCUT2D eigenvalue weighted by molar-refractivity contribution is -0.110. The number of rotatable bonds is 6. The van der Waals surface area contributed by atoms with Gasteiger partial charge >= 0.3 is 0 Å². The van der Waals surface area contributed by atoms with Crippen molar-refractivity contribution in [2.45, 2.75) is 13.8 Å². The molecular weight excluding hydrogens is 328 g/mol. The molecular formula is C21H24N2O3. The molecule has 0 atom stereocenters. The van der Waals surface area contributed by atoms with Gasteiger partial charge in [-0.25, -0.2) is 0 Å². The highest BCUT2D eigenvalue weighted by molar-refractivity contribution is 6.04. The smallest absolute Gasteiger partial charge is 0.183 e. The van der Waals surface area contributed by atoms with E-state index in [-0.39, 0.29) is 5.78 Å². The van der Waals surface area contributed by atoms with Crippen molar-refractivity contribution in [3.05, 3.63) is 58.7 Å². The fraction of sp³-hybridized carbons (Fsp3) is 0.190. The fourth-order valence-electron chi connectivity index (χ4n) is 2.54. The first-order valence-electron chi connectivity index (χ1n) is 8.14. The predicted molar refractivity (Wildman–Crippen MR) is 107 cm³/mol. The molecule has 26 heavy (non-hydrogen) atoms. The lowest BCUT2D eigenvalue weighted by Gasteiger charge is -2.10. The average Bonchev–Trinajstić information content (AvgIpc) is 2.61. The summed E-state index contributed by atoms with van der Waals surface area (Å²) in [6.07, 6.45) is 6.41. The Morgan fingerprint density at radius 2 is 1.46 bits per heavy atom. The van der Waals surface area contributed by atoms with Crippen molar-refractivity contribution in [2.24, 2.45) is 0 Å². The van der Waals surface area contributed by atoms with Crippen molar-refractivity contribution < 1.29 is 14.3 Å². The van der Waals surface area contributed by atoms with Crippen LogP contribution in [0.4, 0.5) is 11.4 Å². The Bertz CT molecular complexity index is 860. The molecule has 2 aromatic carbocycles. The van der Waals surface area contributed by atoms with E-state index in [0.29, 0.717) is 22.9 Å². The number of methoxy groups -OCH3 is 2. The Labute approximate surface area is 153 Å². The van der Waals surface area contributed by atoms with Crippen LogP contribution in [0.1, 0.15) is 22.3 Å². The van der Waals surface area contributed by atoms with Crippen molar-refractivity contribution in [1.29, 1.82) is 0 Å². The number of carbonyl (C=O) groups excluding carboxylic acids is 1. The second-order valence-corrected chi connectivity index (χ2v) is 5.97. The number of anilines is 2. The lowest BCUT2D eigenvalue weighted by atomic mass is 10.0. The van der Waals surface area contributed by atoms with E-state index < -0.39 is 0 Å². The average molecular weight is 352 g/mol. The van der Waals surface area contributed by atoms with Crippen LogP contribution in [-0.2, 0) is 4.79 Å². The molecule has 0 bridgehead atoms. The fourth-order valence-corrected chi connectivity index (χ4v) is 2.54. The third-order valence-corrected chi connectivity index (χ3v) is 4.14. The van der Waals surface area contributed by atoms with Crippen LogP contribution in [-0.4, -0.2) is 20.0 Å². The zero-order chi connectivity index (χ0) is 19.3. The summed E-state index contributed by atoms with van der Waals surface area (Å²) in [6.45, 7) is 3.97. The molecule has 0 saturated heterocycles. The summed E-state index contributed by atoms with van der Waals surface area (Å²) in [5.74, 6) is 0.846. The summed E-state index contributed by atoms with van der Waals surface area (Å²) in [4.78, 5) is 12.1. The van der Waals surface area contributed by atoms with E-state index in [1.54, 1.807) is 24.3 Å². The van der Waals surface area contributed by atoms with Gasteiger partial charge in [0.05, 0.1) is 19.9 Å². The van der Waals surface area contributed by atoms with Crippen LogP contribution < -0.4 is 20.9 Å². The van der Waals surface area contributed by atoms with Gasteiger partial charge in [0, 0.05) is 5.69 Å². The zero-order valence-corrected chi connectivity index (χ0v) is 15.5. The SMILES string of the molecule is COc1cc(/C=C/C(=O)/C=C/c2cc(C)c(C)c(N)c2)cc(N)c1OC. The van der Waals surface area contributed by atoms with Gasteiger partial charge in [-0.15, -0.1) is 0 Å². The van der Waals surface area contributed by atoms with Crippen LogP contribution in [0, 0.1) is 13.8 Å². The number of ether oxygens (including phenoxy) is 2. The number of allylic oxidation sites excluding steroid dienone is 2. The Kier molecular flexibility index (Phi) is 6.07. The number of benzene rings is 2. The highest BCUT2D eigenvalue weighted by atomic mass is 16.5. The summed E-state index contributed by atoms with van der Waals surface area (Å²) >= 11 is 0. The standard InChI is InChI=1S/C21H24N2O3/c1-13-9-15(10-18(22)14(13)2)5-7-17(24)8-6-16-11-19(23)21(26-4)20(12-16)25-3/h5-12H,22-23H2,1-4H3/b7-5+,8-6+. The normalized spacial score (nSPS) is 11.2. The summed E-state index contributed by atoms with van der Waals surface area (Å²) in [5, 5.41) is 0. The van der Waals surface area contributed by atoms with E-state index in [9.17, 15) is 4.79 Å². The van der Waals surface area contributed by atoms with Gasteiger partial charge in [0.15, 0.2) is 17.3 Å². The number of carbonyl (C=O) groups is 1. The second-order valence-electron chi connectivity index (χ2n) is 5.97. The zero-order valence-electron chi connectivity index (χ0n) is 15.5. The van der Waals surface area contributed by atoms with Crippen LogP contribution in [0.3, 0.4) is 0 Å². The number of hydrogen-bond acceptors (Lipinski definition) is 5. The molecule has 0 aliphatic rings. The van der Waals surface area contributed by atoms with Gasteiger partial charge in [0.25, 0.3) is 0 Å². The van der Waals surface area contributed by atoms with Crippen molar-refractivity contribution in [2.75, 3.05) is 25.7 Å². The molecule has 2 rings (SSSR count). The van der Waals surface area contributed by atoms with E-state index in [2.05, 4.69) is 0 Å². The first-order chi connectivity index (χ1) is 12.3. The quantitative estimate of drug-likeness (QED) is 0.610. The van der Waals surface area contributed by atoms with Gasteiger partial charge in [-0.05, 0) is 66.5 Å². The topological polar surface area (TPSA) is 87.6 Å². The van der Waals surface area contributed by atoms with E-state index in [0.717, 1.165) is 22.3 Å². The number of nitrogen functional groups attached to an aromatic ring is 2. The van der Waals surface area contributed by atoms with Crippen LogP contribution in [0.5, 0.6) is 11.5 Å². The minimum absolute atomic E-state index is 0.143. The molecule has 0 amide bonds. The molecule has 0 fully saturated rings. The first-order valence-corrected chi connectivity index (χ1v) is 8.14. The molecule has 0 unspecified atom stereocenters. The highest BCUT2D eigenvalue weighted by Gasteiger charge is 2.08. The van der Waals surface area contributed by atoms with E-state index in [4.69, 9.17) is 20.9 Å². The maximum Gasteiger partial charge on any atom is 0.183 e. The third-order valence-electron chi connectivity index (χ3n) is 4.14. The van der Waals surface area contributed by atoms with Crippen molar-refractivity contribution in [3.63, 3.8) is 0 Å². The molecule has 0 heterocycles. The van der Waals surface area contributed by atoms with Gasteiger partial charge in [0.2, 0.25) is 0 Å². The van der Waals surface area contributed by atoms with E-state index in [1.807, 2.05) is 26.0 Å². The molecule has 0 aromatic heterocycles. The van der Waals surface area contributed by atoms with Crippen LogP contribution in [0.25, 0.3) is 12.2 Å². The predicted octanol–water partition coefficient (Wildman–Crippen LogP) is 3.78. The minimum Gasteiger partial charge on any atom is -0.493 e.